The lowest BCUT2D eigenvalue weighted by molar-refractivity contribution is 0.102. The van der Waals surface area contributed by atoms with Crippen molar-refractivity contribution in [3.05, 3.63) is 84.2 Å². The van der Waals surface area contributed by atoms with Crippen LogP contribution in [-0.4, -0.2) is 10.9 Å². The number of carbonyl (C=O) groups excluding carboxylic acids is 1. The van der Waals surface area contributed by atoms with E-state index in [0.717, 1.165) is 11.3 Å². The van der Waals surface area contributed by atoms with Gasteiger partial charge in [-0.3, -0.25) is 9.78 Å². The van der Waals surface area contributed by atoms with Crippen LogP contribution in [-0.2, 0) is 0 Å². The van der Waals surface area contributed by atoms with Gasteiger partial charge in [-0.25, -0.2) is 0 Å². The minimum Gasteiger partial charge on any atom is -0.457 e. The Morgan fingerprint density at radius 1 is 0.957 bits per heavy atom. The van der Waals surface area contributed by atoms with Crippen molar-refractivity contribution >= 4 is 11.6 Å². The van der Waals surface area contributed by atoms with Crippen LogP contribution in [0, 0.1) is 6.92 Å². The van der Waals surface area contributed by atoms with Crippen LogP contribution in [0.5, 0.6) is 11.5 Å². The first kappa shape index (κ1) is 14.8. The zero-order chi connectivity index (χ0) is 16.1. The summed E-state index contributed by atoms with van der Waals surface area (Å²) in [6.45, 7) is 1.92. The number of nitrogens with zero attached hydrogens (tertiary/aromatic N) is 1. The lowest BCUT2D eigenvalue weighted by atomic mass is 10.2. The van der Waals surface area contributed by atoms with Crippen molar-refractivity contribution in [3.8, 4) is 11.5 Å². The number of hydrogen-bond donors (Lipinski definition) is 1. The summed E-state index contributed by atoms with van der Waals surface area (Å²) in [6.07, 6.45) is 3.33. The molecule has 114 valence electrons. The molecule has 0 aliphatic carbocycles. The van der Waals surface area contributed by atoms with Crippen LogP contribution in [0.3, 0.4) is 0 Å². The van der Waals surface area contributed by atoms with Crippen LogP contribution in [0.25, 0.3) is 0 Å². The first-order valence-corrected chi connectivity index (χ1v) is 7.27. The Morgan fingerprint density at radius 2 is 1.65 bits per heavy atom. The van der Waals surface area contributed by atoms with E-state index in [0.29, 0.717) is 17.0 Å². The molecule has 4 heteroatoms. The summed E-state index contributed by atoms with van der Waals surface area (Å²) in [5.74, 6) is 1.27. The first-order valence-electron chi connectivity index (χ1n) is 7.27. The number of rotatable bonds is 4. The molecule has 1 heterocycles. The number of ether oxygens (including phenoxy) is 1. The Morgan fingerprint density at radius 3 is 2.35 bits per heavy atom. The Bertz CT molecular complexity index is 799. The van der Waals surface area contributed by atoms with Crippen molar-refractivity contribution in [2.45, 2.75) is 6.92 Å². The van der Waals surface area contributed by atoms with Crippen LogP contribution < -0.4 is 10.1 Å². The highest BCUT2D eigenvalue weighted by atomic mass is 16.5. The fourth-order valence-electron chi connectivity index (χ4n) is 2.09. The molecule has 0 bridgehead atoms. The molecule has 0 saturated heterocycles. The smallest absolute Gasteiger partial charge is 0.255 e. The van der Waals surface area contributed by atoms with Crippen molar-refractivity contribution < 1.29 is 9.53 Å². The van der Waals surface area contributed by atoms with E-state index < -0.39 is 0 Å². The third-order valence-corrected chi connectivity index (χ3v) is 3.38. The summed E-state index contributed by atoms with van der Waals surface area (Å²) in [5.41, 5.74) is 2.24. The van der Waals surface area contributed by atoms with E-state index in [1.54, 1.807) is 36.7 Å². The first-order chi connectivity index (χ1) is 11.2. The molecule has 3 aromatic rings. The summed E-state index contributed by atoms with van der Waals surface area (Å²) in [5, 5.41) is 2.85. The number of amides is 1. The Labute approximate surface area is 134 Å². The topological polar surface area (TPSA) is 51.2 Å². The number of para-hydroxylation sites is 1. The molecule has 0 saturated carbocycles. The second kappa shape index (κ2) is 6.75. The summed E-state index contributed by atoms with van der Waals surface area (Å²) in [7, 11) is 0. The zero-order valence-corrected chi connectivity index (χ0v) is 12.7. The number of aromatic nitrogens is 1. The maximum absolute atomic E-state index is 12.3. The van der Waals surface area contributed by atoms with E-state index in [9.17, 15) is 4.79 Å². The standard InChI is InChI=1S/C19H16N2O2/c1-14-11-12-20-13-18(14)21-19(22)15-7-9-17(10-8-15)23-16-5-3-2-4-6-16/h2-13H,1H3,(H,21,22). The molecule has 3 rings (SSSR count). The molecule has 1 amide bonds. The molecule has 1 aromatic heterocycles. The molecule has 0 unspecified atom stereocenters. The molecule has 0 spiro atoms. The minimum atomic E-state index is -0.174. The molecule has 23 heavy (non-hydrogen) atoms. The maximum atomic E-state index is 12.3. The lowest BCUT2D eigenvalue weighted by Crippen LogP contribution is -2.12. The number of benzene rings is 2. The Hall–Kier alpha value is -3.14. The maximum Gasteiger partial charge on any atom is 0.255 e. The average molecular weight is 304 g/mol. The fraction of sp³-hybridized carbons (Fsp3) is 0.0526. The van der Waals surface area contributed by atoms with Gasteiger partial charge in [-0.15, -0.1) is 0 Å². The van der Waals surface area contributed by atoms with Gasteiger partial charge in [0.2, 0.25) is 0 Å². The lowest BCUT2D eigenvalue weighted by Gasteiger charge is -2.09. The van der Waals surface area contributed by atoms with Crippen LogP contribution in [0.2, 0.25) is 0 Å². The van der Waals surface area contributed by atoms with Crippen molar-refractivity contribution in [2.24, 2.45) is 0 Å². The molecule has 1 N–H and O–H groups in total. The number of pyridine rings is 1. The van der Waals surface area contributed by atoms with E-state index >= 15 is 0 Å². The van der Waals surface area contributed by atoms with Gasteiger partial charge in [0.1, 0.15) is 11.5 Å². The molecule has 0 fully saturated rings. The molecule has 4 nitrogen and oxygen atoms in total. The number of nitrogens with one attached hydrogen (secondary N) is 1. The minimum absolute atomic E-state index is 0.174. The van der Waals surface area contributed by atoms with E-state index in [4.69, 9.17) is 4.74 Å². The quantitative estimate of drug-likeness (QED) is 0.775. The molecule has 0 radical (unpaired) electrons. The predicted molar refractivity (Wildman–Crippen MR) is 89.9 cm³/mol. The van der Waals surface area contributed by atoms with Crippen LogP contribution in [0.4, 0.5) is 5.69 Å². The van der Waals surface area contributed by atoms with Gasteiger partial charge in [0, 0.05) is 11.8 Å². The molecule has 0 aliphatic rings. The highest BCUT2D eigenvalue weighted by Gasteiger charge is 2.08. The van der Waals surface area contributed by atoms with E-state index in [-0.39, 0.29) is 5.91 Å². The van der Waals surface area contributed by atoms with Crippen LogP contribution in [0.1, 0.15) is 15.9 Å². The van der Waals surface area contributed by atoms with Gasteiger partial charge in [-0.2, -0.15) is 0 Å². The van der Waals surface area contributed by atoms with Gasteiger partial charge in [0.05, 0.1) is 11.9 Å². The van der Waals surface area contributed by atoms with E-state index in [2.05, 4.69) is 10.3 Å². The SMILES string of the molecule is Cc1ccncc1NC(=O)c1ccc(Oc2ccccc2)cc1. The zero-order valence-electron chi connectivity index (χ0n) is 12.7. The summed E-state index contributed by atoms with van der Waals surface area (Å²) in [6, 6.07) is 18.4. The second-order valence-electron chi connectivity index (χ2n) is 5.08. The predicted octanol–water partition coefficient (Wildman–Crippen LogP) is 4.43. The van der Waals surface area contributed by atoms with Gasteiger partial charge in [-0.05, 0) is 55.0 Å². The third kappa shape index (κ3) is 3.74. The molecule has 2 aromatic carbocycles. The number of hydrogen-bond acceptors (Lipinski definition) is 3. The third-order valence-electron chi connectivity index (χ3n) is 3.38. The Balaban J connectivity index is 1.69. The molecular weight excluding hydrogens is 288 g/mol. The average Bonchev–Trinajstić information content (AvgIpc) is 2.58. The number of aryl methyl sites for hydroxylation is 1. The highest BCUT2D eigenvalue weighted by Crippen LogP contribution is 2.21. The van der Waals surface area contributed by atoms with Gasteiger partial charge in [-0.1, -0.05) is 18.2 Å². The normalized spacial score (nSPS) is 10.1. The number of anilines is 1. The fourth-order valence-corrected chi connectivity index (χ4v) is 2.09. The second-order valence-corrected chi connectivity index (χ2v) is 5.08. The van der Waals surface area contributed by atoms with Crippen LogP contribution in [0.15, 0.2) is 73.1 Å². The van der Waals surface area contributed by atoms with Crippen molar-refractivity contribution in [2.75, 3.05) is 5.32 Å². The van der Waals surface area contributed by atoms with Gasteiger partial charge in [0.25, 0.3) is 5.91 Å². The van der Waals surface area contributed by atoms with Crippen molar-refractivity contribution in [1.29, 1.82) is 0 Å². The van der Waals surface area contributed by atoms with E-state index in [1.807, 2.05) is 43.3 Å². The summed E-state index contributed by atoms with van der Waals surface area (Å²) in [4.78, 5) is 16.3. The molecular formula is C19H16N2O2. The van der Waals surface area contributed by atoms with E-state index in [1.165, 1.54) is 0 Å². The monoisotopic (exact) mass is 304 g/mol. The highest BCUT2D eigenvalue weighted by molar-refractivity contribution is 6.04. The molecule has 0 aliphatic heterocycles. The van der Waals surface area contributed by atoms with Gasteiger partial charge >= 0.3 is 0 Å². The largest absolute Gasteiger partial charge is 0.457 e. The van der Waals surface area contributed by atoms with Crippen molar-refractivity contribution in [1.82, 2.24) is 4.98 Å². The molecule has 0 atom stereocenters. The van der Waals surface area contributed by atoms with Gasteiger partial charge < -0.3 is 10.1 Å². The van der Waals surface area contributed by atoms with Crippen molar-refractivity contribution in [3.63, 3.8) is 0 Å². The van der Waals surface area contributed by atoms with Gasteiger partial charge in [0.15, 0.2) is 0 Å². The number of carbonyl (C=O) groups is 1. The summed E-state index contributed by atoms with van der Waals surface area (Å²) >= 11 is 0. The summed E-state index contributed by atoms with van der Waals surface area (Å²) < 4.78 is 5.71. The Kier molecular flexibility index (Phi) is 4.34. The van der Waals surface area contributed by atoms with Crippen LogP contribution >= 0.6 is 0 Å².